The molecule has 160 valence electrons. The van der Waals surface area contributed by atoms with Crippen molar-refractivity contribution in [2.75, 3.05) is 25.6 Å². The van der Waals surface area contributed by atoms with E-state index in [1.165, 1.54) is 0 Å². The van der Waals surface area contributed by atoms with Crippen molar-refractivity contribution in [1.29, 1.82) is 0 Å². The molecule has 0 bridgehead atoms. The number of methoxy groups -OCH3 is 1. The molecular weight excluding hydrogens is 390 g/mol. The molecule has 0 fully saturated rings. The Labute approximate surface area is 182 Å². The Morgan fingerprint density at radius 2 is 1.77 bits per heavy atom. The molecule has 3 aromatic carbocycles. The molecule has 3 aromatic rings. The number of aryl methyl sites for hydroxylation is 1. The second-order valence-corrected chi connectivity index (χ2v) is 7.45. The second-order valence-electron chi connectivity index (χ2n) is 7.45. The number of amidine groups is 1. The van der Waals surface area contributed by atoms with Crippen LogP contribution in [0.3, 0.4) is 0 Å². The normalized spacial score (nSPS) is 17.6. The van der Waals surface area contributed by atoms with E-state index in [1.54, 1.807) is 7.11 Å². The SMILES string of the molecule is CCOc1ccc(C2(c3cccc(Nc4cccc(OC)c4)c3)COC(N)=N2)cc1C. The number of hydrogen-bond donors (Lipinski definition) is 2. The van der Waals surface area contributed by atoms with Crippen LogP contribution in [0.25, 0.3) is 0 Å². The summed E-state index contributed by atoms with van der Waals surface area (Å²) < 4.78 is 16.7. The highest BCUT2D eigenvalue weighted by atomic mass is 16.5. The fourth-order valence-corrected chi connectivity index (χ4v) is 3.84. The lowest BCUT2D eigenvalue weighted by Crippen LogP contribution is -2.27. The summed E-state index contributed by atoms with van der Waals surface area (Å²) in [5.74, 6) is 1.66. The minimum Gasteiger partial charge on any atom is -0.497 e. The van der Waals surface area contributed by atoms with Gasteiger partial charge in [-0.05, 0) is 66.9 Å². The van der Waals surface area contributed by atoms with Crippen LogP contribution in [0, 0.1) is 6.92 Å². The van der Waals surface area contributed by atoms with Gasteiger partial charge >= 0.3 is 0 Å². The third kappa shape index (κ3) is 4.14. The quantitative estimate of drug-likeness (QED) is 0.581. The maximum Gasteiger partial charge on any atom is 0.283 e. The summed E-state index contributed by atoms with van der Waals surface area (Å²) in [7, 11) is 1.66. The van der Waals surface area contributed by atoms with Crippen LogP contribution in [0.5, 0.6) is 11.5 Å². The summed E-state index contributed by atoms with van der Waals surface area (Å²) in [5, 5.41) is 3.44. The number of nitrogens with one attached hydrogen (secondary N) is 1. The molecule has 0 aromatic heterocycles. The number of anilines is 2. The molecule has 1 aliphatic rings. The largest absolute Gasteiger partial charge is 0.497 e. The fourth-order valence-electron chi connectivity index (χ4n) is 3.84. The average Bonchev–Trinajstić information content (AvgIpc) is 3.18. The molecule has 1 heterocycles. The summed E-state index contributed by atoms with van der Waals surface area (Å²) in [5.41, 5.74) is 10.2. The number of hydrogen-bond acceptors (Lipinski definition) is 6. The van der Waals surface area contributed by atoms with Gasteiger partial charge in [0, 0.05) is 17.4 Å². The van der Waals surface area contributed by atoms with E-state index in [0.29, 0.717) is 13.2 Å². The molecule has 1 unspecified atom stereocenters. The maximum atomic E-state index is 5.97. The third-order valence-electron chi connectivity index (χ3n) is 5.38. The second kappa shape index (κ2) is 8.60. The molecule has 0 spiro atoms. The number of aliphatic imine (C=N–C) groups is 1. The first-order chi connectivity index (χ1) is 15.0. The van der Waals surface area contributed by atoms with Crippen LogP contribution in [0.15, 0.2) is 71.7 Å². The van der Waals surface area contributed by atoms with Gasteiger partial charge in [0.2, 0.25) is 0 Å². The first-order valence-corrected chi connectivity index (χ1v) is 10.3. The van der Waals surface area contributed by atoms with Crippen LogP contribution in [0.4, 0.5) is 11.4 Å². The third-order valence-corrected chi connectivity index (χ3v) is 5.38. The smallest absolute Gasteiger partial charge is 0.283 e. The first-order valence-electron chi connectivity index (χ1n) is 10.3. The lowest BCUT2D eigenvalue weighted by Gasteiger charge is -2.26. The van der Waals surface area contributed by atoms with Crippen molar-refractivity contribution < 1.29 is 14.2 Å². The van der Waals surface area contributed by atoms with Crippen LogP contribution in [0.1, 0.15) is 23.6 Å². The minimum atomic E-state index is -0.717. The molecule has 6 heteroatoms. The molecule has 31 heavy (non-hydrogen) atoms. The summed E-state index contributed by atoms with van der Waals surface area (Å²) in [4.78, 5) is 4.74. The Bertz CT molecular complexity index is 1110. The van der Waals surface area contributed by atoms with E-state index in [1.807, 2.05) is 68.4 Å². The molecule has 1 atom stereocenters. The zero-order chi connectivity index (χ0) is 21.8. The van der Waals surface area contributed by atoms with E-state index in [0.717, 1.165) is 39.6 Å². The molecule has 6 nitrogen and oxygen atoms in total. The Morgan fingerprint density at radius 3 is 2.45 bits per heavy atom. The number of ether oxygens (including phenoxy) is 3. The Morgan fingerprint density at radius 1 is 1.03 bits per heavy atom. The van der Waals surface area contributed by atoms with Crippen LogP contribution >= 0.6 is 0 Å². The van der Waals surface area contributed by atoms with Gasteiger partial charge in [-0.25, -0.2) is 4.99 Å². The fraction of sp³-hybridized carbons (Fsp3) is 0.240. The van der Waals surface area contributed by atoms with Crippen molar-refractivity contribution >= 4 is 17.4 Å². The molecule has 1 aliphatic heterocycles. The first kappa shape index (κ1) is 20.6. The van der Waals surface area contributed by atoms with Gasteiger partial charge in [0.05, 0.1) is 13.7 Å². The summed E-state index contributed by atoms with van der Waals surface area (Å²) in [6, 6.07) is 22.3. The van der Waals surface area contributed by atoms with Crippen LogP contribution in [0.2, 0.25) is 0 Å². The van der Waals surface area contributed by atoms with Gasteiger partial charge < -0.3 is 25.3 Å². The Balaban J connectivity index is 1.72. The topological polar surface area (TPSA) is 78.1 Å². The van der Waals surface area contributed by atoms with Crippen molar-refractivity contribution in [2.24, 2.45) is 10.7 Å². The summed E-state index contributed by atoms with van der Waals surface area (Å²) >= 11 is 0. The van der Waals surface area contributed by atoms with Crippen LogP contribution < -0.4 is 20.5 Å². The lowest BCUT2D eigenvalue weighted by atomic mass is 9.83. The molecule has 0 aliphatic carbocycles. The standard InChI is InChI=1S/C25H27N3O3/c1-4-30-23-12-11-19(13-17(23)2)25(16-31-24(26)28-25)18-7-5-8-20(14-18)27-21-9-6-10-22(15-21)29-3/h5-15,27H,4,16H2,1-3H3,(H2,26,28). The van der Waals surface area contributed by atoms with Crippen molar-refractivity contribution in [3.63, 3.8) is 0 Å². The van der Waals surface area contributed by atoms with E-state index in [9.17, 15) is 0 Å². The Hall–Kier alpha value is -3.67. The maximum absolute atomic E-state index is 5.97. The lowest BCUT2D eigenvalue weighted by molar-refractivity contribution is 0.278. The van der Waals surface area contributed by atoms with Crippen molar-refractivity contribution in [3.8, 4) is 11.5 Å². The highest BCUT2D eigenvalue weighted by Gasteiger charge is 2.40. The Kier molecular flexibility index (Phi) is 5.71. The predicted molar refractivity (Wildman–Crippen MR) is 123 cm³/mol. The highest BCUT2D eigenvalue weighted by molar-refractivity contribution is 5.75. The van der Waals surface area contributed by atoms with E-state index in [4.69, 9.17) is 24.9 Å². The van der Waals surface area contributed by atoms with Gasteiger partial charge in [0.15, 0.2) is 5.54 Å². The monoisotopic (exact) mass is 417 g/mol. The average molecular weight is 418 g/mol. The molecule has 3 N–H and O–H groups in total. The van der Waals surface area contributed by atoms with Crippen LogP contribution in [-0.2, 0) is 10.3 Å². The zero-order valence-corrected chi connectivity index (χ0v) is 18.0. The van der Waals surface area contributed by atoms with Gasteiger partial charge in [0.1, 0.15) is 18.1 Å². The van der Waals surface area contributed by atoms with E-state index < -0.39 is 5.54 Å². The van der Waals surface area contributed by atoms with Crippen molar-refractivity contribution in [3.05, 3.63) is 83.4 Å². The zero-order valence-electron chi connectivity index (χ0n) is 18.0. The van der Waals surface area contributed by atoms with Crippen molar-refractivity contribution in [2.45, 2.75) is 19.4 Å². The number of benzene rings is 3. The number of nitrogens with zero attached hydrogens (tertiary/aromatic N) is 1. The molecular formula is C25H27N3O3. The molecule has 0 amide bonds. The summed E-state index contributed by atoms with van der Waals surface area (Å²) in [6.45, 7) is 4.98. The molecule has 0 radical (unpaired) electrons. The number of nitrogens with two attached hydrogens (primary N) is 1. The summed E-state index contributed by atoms with van der Waals surface area (Å²) in [6.07, 6.45) is 0. The minimum absolute atomic E-state index is 0.192. The van der Waals surface area contributed by atoms with E-state index in [-0.39, 0.29) is 6.02 Å². The van der Waals surface area contributed by atoms with Crippen LogP contribution in [-0.4, -0.2) is 26.3 Å². The van der Waals surface area contributed by atoms with Gasteiger partial charge in [-0.15, -0.1) is 0 Å². The van der Waals surface area contributed by atoms with Gasteiger partial charge in [0.25, 0.3) is 6.02 Å². The van der Waals surface area contributed by atoms with Gasteiger partial charge in [-0.1, -0.05) is 24.3 Å². The van der Waals surface area contributed by atoms with Crippen molar-refractivity contribution in [1.82, 2.24) is 0 Å². The molecule has 0 saturated carbocycles. The van der Waals surface area contributed by atoms with E-state index >= 15 is 0 Å². The van der Waals surface area contributed by atoms with E-state index in [2.05, 4.69) is 17.4 Å². The molecule has 4 rings (SSSR count). The predicted octanol–water partition coefficient (Wildman–Crippen LogP) is 4.73. The van der Waals surface area contributed by atoms with Gasteiger partial charge in [-0.3, -0.25) is 0 Å². The van der Waals surface area contributed by atoms with Gasteiger partial charge in [-0.2, -0.15) is 0 Å². The molecule has 0 saturated heterocycles. The number of rotatable bonds is 7. The highest BCUT2D eigenvalue weighted by Crippen LogP contribution is 2.40.